The first-order valence-electron chi connectivity index (χ1n) is 6.88. The Morgan fingerprint density at radius 1 is 1.32 bits per heavy atom. The second-order valence-electron chi connectivity index (χ2n) is 5.35. The monoisotopic (exact) mass is 261 g/mol. The Kier molecular flexibility index (Phi) is 4.43. The first-order valence-corrected chi connectivity index (χ1v) is 6.88. The Hall–Kier alpha value is -1.55. The molecule has 104 valence electrons. The van der Waals surface area contributed by atoms with Gasteiger partial charge in [0.05, 0.1) is 17.6 Å². The van der Waals surface area contributed by atoms with Crippen LogP contribution in [0.3, 0.4) is 0 Å². The molecule has 0 bridgehead atoms. The fraction of sp³-hybridized carbons (Fsp3) is 0.533. The van der Waals surface area contributed by atoms with Crippen LogP contribution in [0.2, 0.25) is 0 Å². The van der Waals surface area contributed by atoms with Gasteiger partial charge < -0.3 is 15.0 Å². The van der Waals surface area contributed by atoms with E-state index in [2.05, 4.69) is 23.4 Å². The number of imidazole rings is 1. The third-order valence-corrected chi connectivity index (χ3v) is 3.26. The summed E-state index contributed by atoms with van der Waals surface area (Å²) in [6.45, 7) is 8.83. The summed E-state index contributed by atoms with van der Waals surface area (Å²) in [7, 11) is 0. The van der Waals surface area contributed by atoms with E-state index >= 15 is 0 Å². The normalized spacial score (nSPS) is 11.6. The lowest BCUT2D eigenvalue weighted by Crippen LogP contribution is -2.09. The molecule has 1 heterocycles. The van der Waals surface area contributed by atoms with Gasteiger partial charge in [0, 0.05) is 18.8 Å². The van der Waals surface area contributed by atoms with Crippen molar-refractivity contribution in [1.82, 2.24) is 9.55 Å². The molecule has 4 nitrogen and oxygen atoms in total. The minimum Gasteiger partial charge on any atom is -0.399 e. The van der Waals surface area contributed by atoms with Crippen molar-refractivity contribution in [2.75, 3.05) is 18.9 Å². The number of aryl methyl sites for hydroxylation is 1. The van der Waals surface area contributed by atoms with Gasteiger partial charge in [-0.05, 0) is 37.5 Å². The molecule has 0 aliphatic carbocycles. The first kappa shape index (κ1) is 13.9. The molecule has 2 rings (SSSR count). The zero-order valence-corrected chi connectivity index (χ0v) is 12.0. The number of hydrogen-bond acceptors (Lipinski definition) is 3. The van der Waals surface area contributed by atoms with Crippen molar-refractivity contribution in [3.63, 3.8) is 0 Å². The highest BCUT2D eigenvalue weighted by Gasteiger charge is 2.07. The van der Waals surface area contributed by atoms with Crippen LogP contribution in [-0.4, -0.2) is 22.8 Å². The molecule has 0 saturated carbocycles. The Balaban J connectivity index is 1.98. The minimum absolute atomic E-state index is 0.693. The van der Waals surface area contributed by atoms with E-state index in [9.17, 15) is 0 Å². The molecule has 0 radical (unpaired) electrons. The van der Waals surface area contributed by atoms with Gasteiger partial charge in [-0.2, -0.15) is 0 Å². The number of ether oxygens (including phenoxy) is 1. The van der Waals surface area contributed by atoms with Crippen LogP contribution in [0.15, 0.2) is 18.2 Å². The Bertz CT molecular complexity index is 546. The largest absolute Gasteiger partial charge is 0.399 e. The van der Waals surface area contributed by atoms with Gasteiger partial charge in [0.15, 0.2) is 0 Å². The lowest BCUT2D eigenvalue weighted by atomic mass is 10.1. The third kappa shape index (κ3) is 3.47. The number of anilines is 1. The highest BCUT2D eigenvalue weighted by Crippen LogP contribution is 2.18. The van der Waals surface area contributed by atoms with Gasteiger partial charge in [-0.25, -0.2) is 4.98 Å². The van der Waals surface area contributed by atoms with Gasteiger partial charge in [-0.1, -0.05) is 13.8 Å². The fourth-order valence-electron chi connectivity index (χ4n) is 2.13. The van der Waals surface area contributed by atoms with Crippen LogP contribution < -0.4 is 5.73 Å². The van der Waals surface area contributed by atoms with Gasteiger partial charge >= 0.3 is 0 Å². The van der Waals surface area contributed by atoms with Gasteiger partial charge in [-0.15, -0.1) is 0 Å². The zero-order chi connectivity index (χ0) is 13.8. The molecule has 0 amide bonds. The lowest BCUT2D eigenvalue weighted by Gasteiger charge is -2.09. The van der Waals surface area contributed by atoms with E-state index in [1.165, 1.54) is 0 Å². The van der Waals surface area contributed by atoms with E-state index in [-0.39, 0.29) is 0 Å². The Morgan fingerprint density at radius 3 is 2.84 bits per heavy atom. The average Bonchev–Trinajstić information content (AvgIpc) is 2.64. The molecular weight excluding hydrogens is 238 g/mol. The summed E-state index contributed by atoms with van der Waals surface area (Å²) in [5.41, 5.74) is 8.61. The van der Waals surface area contributed by atoms with E-state index in [1.54, 1.807) is 0 Å². The number of aromatic nitrogens is 2. The van der Waals surface area contributed by atoms with Crippen LogP contribution in [0, 0.1) is 12.8 Å². The molecule has 4 heteroatoms. The summed E-state index contributed by atoms with van der Waals surface area (Å²) >= 11 is 0. The SMILES string of the molecule is Cc1nc2cc(N)ccc2n1CCOCCC(C)C. The molecule has 0 unspecified atom stereocenters. The molecule has 0 aliphatic rings. The summed E-state index contributed by atoms with van der Waals surface area (Å²) in [5.74, 6) is 1.70. The predicted molar refractivity (Wildman–Crippen MR) is 79.2 cm³/mol. The van der Waals surface area contributed by atoms with Gasteiger partial charge in [0.25, 0.3) is 0 Å². The molecule has 1 aromatic heterocycles. The standard InChI is InChI=1S/C15H23N3O/c1-11(2)6-8-19-9-7-18-12(3)17-14-10-13(16)4-5-15(14)18/h4-5,10-11H,6-9,16H2,1-3H3. The summed E-state index contributed by atoms with van der Waals surface area (Å²) in [6, 6.07) is 5.86. The topological polar surface area (TPSA) is 53.1 Å². The van der Waals surface area contributed by atoms with E-state index in [4.69, 9.17) is 10.5 Å². The maximum atomic E-state index is 5.78. The molecule has 0 spiro atoms. The number of nitrogens with two attached hydrogens (primary N) is 1. The molecule has 0 fully saturated rings. The van der Waals surface area contributed by atoms with E-state index in [0.717, 1.165) is 48.7 Å². The Labute approximate surface area is 114 Å². The van der Waals surface area contributed by atoms with Crippen molar-refractivity contribution in [3.05, 3.63) is 24.0 Å². The third-order valence-electron chi connectivity index (χ3n) is 3.26. The van der Waals surface area contributed by atoms with Crippen molar-refractivity contribution in [1.29, 1.82) is 0 Å². The molecule has 2 N–H and O–H groups in total. The quantitative estimate of drug-likeness (QED) is 0.642. The average molecular weight is 261 g/mol. The van der Waals surface area contributed by atoms with Gasteiger partial charge in [0.2, 0.25) is 0 Å². The number of hydrogen-bond donors (Lipinski definition) is 1. The zero-order valence-electron chi connectivity index (χ0n) is 12.0. The van der Waals surface area contributed by atoms with Crippen LogP contribution >= 0.6 is 0 Å². The molecule has 0 atom stereocenters. The molecule has 0 aliphatic heterocycles. The van der Waals surface area contributed by atoms with Crippen LogP contribution in [0.25, 0.3) is 11.0 Å². The number of benzene rings is 1. The maximum absolute atomic E-state index is 5.78. The second kappa shape index (κ2) is 6.06. The van der Waals surface area contributed by atoms with Crippen LogP contribution in [0.1, 0.15) is 26.1 Å². The van der Waals surface area contributed by atoms with Crippen LogP contribution in [-0.2, 0) is 11.3 Å². The molecule has 19 heavy (non-hydrogen) atoms. The second-order valence-corrected chi connectivity index (χ2v) is 5.35. The van der Waals surface area contributed by atoms with Crippen molar-refractivity contribution in [3.8, 4) is 0 Å². The van der Waals surface area contributed by atoms with Gasteiger partial charge in [-0.3, -0.25) is 0 Å². The highest BCUT2D eigenvalue weighted by molar-refractivity contribution is 5.79. The highest BCUT2D eigenvalue weighted by atomic mass is 16.5. The molecule has 1 aromatic carbocycles. The van der Waals surface area contributed by atoms with E-state index < -0.39 is 0 Å². The summed E-state index contributed by atoms with van der Waals surface area (Å²) in [4.78, 5) is 4.53. The van der Waals surface area contributed by atoms with Gasteiger partial charge in [0.1, 0.15) is 5.82 Å². The molecule has 0 saturated heterocycles. The Morgan fingerprint density at radius 2 is 2.11 bits per heavy atom. The smallest absolute Gasteiger partial charge is 0.106 e. The molecule has 2 aromatic rings. The van der Waals surface area contributed by atoms with Crippen molar-refractivity contribution < 1.29 is 4.74 Å². The van der Waals surface area contributed by atoms with E-state index in [0.29, 0.717) is 5.92 Å². The number of rotatable bonds is 6. The summed E-state index contributed by atoms with van der Waals surface area (Å²) in [6.07, 6.45) is 1.11. The van der Waals surface area contributed by atoms with Crippen molar-refractivity contribution in [2.24, 2.45) is 5.92 Å². The minimum atomic E-state index is 0.693. The van der Waals surface area contributed by atoms with Crippen LogP contribution in [0.5, 0.6) is 0 Å². The lowest BCUT2D eigenvalue weighted by molar-refractivity contribution is 0.116. The summed E-state index contributed by atoms with van der Waals surface area (Å²) in [5, 5.41) is 0. The van der Waals surface area contributed by atoms with Crippen LogP contribution in [0.4, 0.5) is 5.69 Å². The van der Waals surface area contributed by atoms with E-state index in [1.807, 2.05) is 25.1 Å². The number of nitrogen functional groups attached to an aromatic ring is 1. The molecular formula is C15H23N3O. The fourth-order valence-corrected chi connectivity index (χ4v) is 2.13. The predicted octanol–water partition coefficient (Wildman–Crippen LogP) is 2.99. The number of nitrogens with zero attached hydrogens (tertiary/aromatic N) is 2. The van der Waals surface area contributed by atoms with Crippen molar-refractivity contribution >= 4 is 16.7 Å². The summed E-state index contributed by atoms with van der Waals surface area (Å²) < 4.78 is 7.86. The number of fused-ring (bicyclic) bond motifs is 1. The maximum Gasteiger partial charge on any atom is 0.106 e. The first-order chi connectivity index (χ1) is 9.08. The van der Waals surface area contributed by atoms with Crippen molar-refractivity contribution in [2.45, 2.75) is 33.7 Å².